The van der Waals surface area contributed by atoms with Crippen LogP contribution in [0.15, 0.2) is 0 Å². The molecule has 1 N–H and O–H groups in total. The fourth-order valence-corrected chi connectivity index (χ4v) is 5.93. The van der Waals surface area contributed by atoms with Crippen molar-refractivity contribution >= 4 is 0 Å². The third-order valence-corrected chi connectivity index (χ3v) is 8.68. The molecule has 0 aliphatic rings. The summed E-state index contributed by atoms with van der Waals surface area (Å²) in [6.45, 7) is 6.19. The predicted molar refractivity (Wildman–Crippen MR) is 171 cm³/mol. The minimum atomic E-state index is 0.152. The molecule has 0 spiro atoms. The maximum atomic E-state index is 8.67. The largest absolute Gasteiger partial charge is 0.394 e. The van der Waals surface area contributed by atoms with E-state index in [9.17, 15) is 0 Å². The molecule has 1 unspecified atom stereocenters. The minimum Gasteiger partial charge on any atom is -0.394 e. The van der Waals surface area contributed by atoms with E-state index in [1.807, 2.05) is 0 Å². The van der Waals surface area contributed by atoms with Gasteiger partial charge in [-0.2, -0.15) is 0 Å². The molecular weight excluding hydrogens is 464 g/mol. The molecule has 0 radical (unpaired) electrons. The molecule has 0 aromatic carbocycles. The summed E-state index contributed by atoms with van der Waals surface area (Å²) in [5, 5.41) is 8.67. The van der Waals surface area contributed by atoms with Gasteiger partial charge < -0.3 is 9.84 Å². The Morgan fingerprint density at radius 3 is 1.03 bits per heavy atom. The van der Waals surface area contributed by atoms with Crippen LogP contribution >= 0.6 is 0 Å². The van der Waals surface area contributed by atoms with Crippen LogP contribution in [-0.2, 0) is 4.74 Å². The van der Waals surface area contributed by atoms with Crippen molar-refractivity contribution in [2.45, 2.75) is 206 Å². The zero-order chi connectivity index (χ0) is 27.6. The smallest absolute Gasteiger partial charge is 0.0697 e. The fraction of sp³-hybridized carbons (Fsp3) is 1.00. The molecule has 230 valence electrons. The van der Waals surface area contributed by atoms with Gasteiger partial charge in [-0.3, -0.25) is 0 Å². The summed E-state index contributed by atoms with van der Waals surface area (Å²) in [4.78, 5) is 0. The number of aliphatic hydroxyl groups is 1. The quantitative estimate of drug-likeness (QED) is 0.0825. The Morgan fingerprint density at radius 2 is 0.711 bits per heavy atom. The van der Waals surface area contributed by atoms with Crippen LogP contribution in [0, 0.1) is 5.92 Å². The lowest BCUT2D eigenvalue weighted by atomic mass is 9.92. The highest BCUT2D eigenvalue weighted by Gasteiger charge is 2.06. The summed E-state index contributed by atoms with van der Waals surface area (Å²) >= 11 is 0. The lowest BCUT2D eigenvalue weighted by molar-refractivity contribution is 0.0895. The minimum absolute atomic E-state index is 0.152. The first-order valence-electron chi connectivity index (χ1n) is 18.0. The summed E-state index contributed by atoms with van der Waals surface area (Å²) in [6.07, 6.45) is 43.2. The molecule has 0 aromatic rings. The third-order valence-electron chi connectivity index (χ3n) is 8.68. The van der Waals surface area contributed by atoms with Gasteiger partial charge in [-0.1, -0.05) is 200 Å². The molecule has 2 nitrogen and oxygen atoms in total. The first-order chi connectivity index (χ1) is 18.8. The monoisotopic (exact) mass is 539 g/mol. The molecule has 0 aromatic heterocycles. The van der Waals surface area contributed by atoms with Crippen LogP contribution in [0.1, 0.15) is 206 Å². The second kappa shape index (κ2) is 34.9. The van der Waals surface area contributed by atoms with Gasteiger partial charge in [0.05, 0.1) is 13.2 Å². The zero-order valence-electron chi connectivity index (χ0n) is 26.8. The molecule has 38 heavy (non-hydrogen) atoms. The average molecular weight is 539 g/mol. The lowest BCUT2D eigenvalue weighted by Gasteiger charge is -2.14. The van der Waals surface area contributed by atoms with Crippen molar-refractivity contribution in [3.05, 3.63) is 0 Å². The number of hydrogen-bond donors (Lipinski definition) is 1. The summed E-state index contributed by atoms with van der Waals surface area (Å²) < 4.78 is 5.31. The summed E-state index contributed by atoms with van der Waals surface area (Å²) in [6, 6.07) is 0. The van der Waals surface area contributed by atoms with Crippen molar-refractivity contribution < 1.29 is 9.84 Å². The number of ether oxygens (including phenoxy) is 1. The van der Waals surface area contributed by atoms with Crippen molar-refractivity contribution in [1.29, 1.82) is 0 Å². The molecule has 0 aliphatic heterocycles. The molecule has 0 saturated heterocycles. The maximum Gasteiger partial charge on any atom is 0.0697 e. The molecule has 0 aliphatic carbocycles. The Balaban J connectivity index is 3.25. The molecule has 0 bridgehead atoms. The van der Waals surface area contributed by atoms with Crippen LogP contribution in [0.3, 0.4) is 0 Å². The van der Waals surface area contributed by atoms with E-state index in [4.69, 9.17) is 9.84 Å². The van der Waals surface area contributed by atoms with Gasteiger partial charge in [0.25, 0.3) is 0 Å². The molecule has 0 fully saturated rings. The number of rotatable bonds is 34. The standard InChI is InChI=1S/C36H74O2/c1-3-5-6-7-8-9-10-11-13-16-19-22-25-28-31-36(4-2)32-29-26-23-20-17-14-12-15-18-21-24-27-30-34-38-35-33-37/h36-37H,3-35H2,1-2H3. The molecule has 0 rings (SSSR count). The Hall–Kier alpha value is -0.0800. The molecule has 2 heteroatoms. The van der Waals surface area contributed by atoms with Crippen LogP contribution in [-0.4, -0.2) is 24.9 Å². The van der Waals surface area contributed by atoms with Gasteiger partial charge in [0.1, 0.15) is 0 Å². The molecule has 0 heterocycles. The molecule has 1 atom stereocenters. The van der Waals surface area contributed by atoms with E-state index in [0.29, 0.717) is 6.61 Å². The normalized spacial score (nSPS) is 12.4. The SMILES string of the molecule is CCCCCCCCCCCCCCCCC(CC)CCCCCCCCCCCCCCCOCCO. The van der Waals surface area contributed by atoms with Crippen molar-refractivity contribution in [1.82, 2.24) is 0 Å². The van der Waals surface area contributed by atoms with E-state index in [-0.39, 0.29) is 6.61 Å². The zero-order valence-corrected chi connectivity index (χ0v) is 26.8. The molecule has 0 saturated carbocycles. The number of aliphatic hydroxyl groups excluding tert-OH is 1. The van der Waals surface area contributed by atoms with E-state index >= 15 is 0 Å². The maximum absolute atomic E-state index is 8.67. The van der Waals surface area contributed by atoms with Crippen LogP contribution in [0.25, 0.3) is 0 Å². The second-order valence-corrected chi connectivity index (χ2v) is 12.4. The fourth-order valence-electron chi connectivity index (χ4n) is 5.93. The van der Waals surface area contributed by atoms with Crippen molar-refractivity contribution in [2.75, 3.05) is 19.8 Å². The van der Waals surface area contributed by atoms with Crippen LogP contribution < -0.4 is 0 Å². The van der Waals surface area contributed by atoms with Gasteiger partial charge >= 0.3 is 0 Å². The third kappa shape index (κ3) is 32.1. The number of hydrogen-bond acceptors (Lipinski definition) is 2. The van der Waals surface area contributed by atoms with E-state index in [1.165, 1.54) is 186 Å². The van der Waals surface area contributed by atoms with Gasteiger partial charge in [-0.25, -0.2) is 0 Å². The van der Waals surface area contributed by atoms with Gasteiger partial charge in [0.2, 0.25) is 0 Å². The highest BCUT2D eigenvalue weighted by atomic mass is 16.5. The lowest BCUT2D eigenvalue weighted by Crippen LogP contribution is -2.00. The van der Waals surface area contributed by atoms with Gasteiger partial charge in [0, 0.05) is 6.61 Å². The van der Waals surface area contributed by atoms with E-state index in [1.54, 1.807) is 0 Å². The first kappa shape index (κ1) is 37.9. The van der Waals surface area contributed by atoms with Crippen LogP contribution in [0.2, 0.25) is 0 Å². The summed E-state index contributed by atoms with van der Waals surface area (Å²) in [5.41, 5.74) is 0. The topological polar surface area (TPSA) is 29.5 Å². The highest BCUT2D eigenvalue weighted by Crippen LogP contribution is 2.22. The Morgan fingerprint density at radius 1 is 0.395 bits per heavy atom. The van der Waals surface area contributed by atoms with Gasteiger partial charge in [-0.05, 0) is 12.3 Å². The Kier molecular flexibility index (Phi) is 34.9. The molecule has 0 amide bonds. The average Bonchev–Trinajstić information content (AvgIpc) is 2.93. The Bertz CT molecular complexity index is 397. The first-order valence-corrected chi connectivity index (χ1v) is 18.0. The summed E-state index contributed by atoms with van der Waals surface area (Å²) in [5.74, 6) is 1.00. The van der Waals surface area contributed by atoms with Crippen LogP contribution in [0.5, 0.6) is 0 Å². The van der Waals surface area contributed by atoms with E-state index < -0.39 is 0 Å². The van der Waals surface area contributed by atoms with Crippen molar-refractivity contribution in [3.63, 3.8) is 0 Å². The Labute approximate surface area is 241 Å². The summed E-state index contributed by atoms with van der Waals surface area (Å²) in [7, 11) is 0. The second-order valence-electron chi connectivity index (χ2n) is 12.4. The van der Waals surface area contributed by atoms with E-state index in [0.717, 1.165) is 18.9 Å². The number of unbranched alkanes of at least 4 members (excludes halogenated alkanes) is 25. The van der Waals surface area contributed by atoms with Gasteiger partial charge in [0.15, 0.2) is 0 Å². The van der Waals surface area contributed by atoms with Crippen molar-refractivity contribution in [3.8, 4) is 0 Å². The van der Waals surface area contributed by atoms with Crippen molar-refractivity contribution in [2.24, 2.45) is 5.92 Å². The highest BCUT2D eigenvalue weighted by molar-refractivity contribution is 4.59. The molecular formula is C36H74O2. The van der Waals surface area contributed by atoms with E-state index in [2.05, 4.69) is 13.8 Å². The van der Waals surface area contributed by atoms with Crippen LogP contribution in [0.4, 0.5) is 0 Å². The van der Waals surface area contributed by atoms with Gasteiger partial charge in [-0.15, -0.1) is 0 Å². The predicted octanol–water partition coefficient (Wildman–Crippen LogP) is 12.4.